The molecule has 1 aromatic heterocycles. The molecule has 1 saturated heterocycles. The Labute approximate surface area is 170 Å². The van der Waals surface area contributed by atoms with Crippen molar-refractivity contribution in [1.82, 2.24) is 15.3 Å². The van der Waals surface area contributed by atoms with E-state index in [1.54, 1.807) is 0 Å². The number of para-hydroxylation sites is 2. The molecule has 2 aliphatic heterocycles. The average Bonchev–Trinajstić information content (AvgIpc) is 2.73. The molecule has 0 spiro atoms. The molecule has 0 radical (unpaired) electrons. The second-order valence-electron chi connectivity index (χ2n) is 7.04. The molecule has 2 aliphatic rings. The van der Waals surface area contributed by atoms with Crippen molar-refractivity contribution in [2.45, 2.75) is 13.3 Å². The van der Waals surface area contributed by atoms with Crippen LogP contribution in [0.25, 0.3) is 0 Å². The molecule has 28 heavy (non-hydrogen) atoms. The van der Waals surface area contributed by atoms with Crippen molar-refractivity contribution in [2.75, 3.05) is 48.7 Å². The first-order valence-electron chi connectivity index (χ1n) is 9.54. The van der Waals surface area contributed by atoms with Gasteiger partial charge in [-0.25, -0.2) is 0 Å². The van der Waals surface area contributed by atoms with Gasteiger partial charge in [-0.1, -0.05) is 12.1 Å². The second-order valence-corrected chi connectivity index (χ2v) is 7.42. The van der Waals surface area contributed by atoms with Gasteiger partial charge in [0.05, 0.1) is 22.8 Å². The third-order valence-corrected chi connectivity index (χ3v) is 5.58. The van der Waals surface area contributed by atoms with Gasteiger partial charge < -0.3 is 20.9 Å². The van der Waals surface area contributed by atoms with E-state index in [2.05, 4.69) is 43.6 Å². The van der Waals surface area contributed by atoms with Crippen LogP contribution in [0.2, 0.25) is 0 Å². The lowest BCUT2D eigenvalue weighted by Gasteiger charge is -2.37. The van der Waals surface area contributed by atoms with Crippen molar-refractivity contribution in [3.8, 4) is 0 Å². The lowest BCUT2D eigenvalue weighted by Crippen LogP contribution is -2.51. The number of nitrogens with two attached hydrogens (primary N) is 1. The number of pyridine rings is 1. The van der Waals surface area contributed by atoms with Crippen LogP contribution in [-0.2, 0) is 0 Å². The second kappa shape index (κ2) is 8.02. The molecule has 1 fully saturated rings. The number of aromatic nitrogens is 1. The van der Waals surface area contributed by atoms with E-state index in [4.69, 9.17) is 18.0 Å². The number of hydrogen-bond donors (Lipinski definition) is 3. The van der Waals surface area contributed by atoms with Crippen LogP contribution in [0, 0.1) is 6.92 Å². The van der Waals surface area contributed by atoms with Gasteiger partial charge in [0.2, 0.25) is 0 Å². The van der Waals surface area contributed by atoms with Gasteiger partial charge in [-0.2, -0.15) is 5.10 Å². The molecule has 0 bridgehead atoms. The summed E-state index contributed by atoms with van der Waals surface area (Å²) in [6.45, 7) is 6.35. The van der Waals surface area contributed by atoms with Gasteiger partial charge in [-0.05, 0) is 42.9 Å². The number of fused-ring (bicyclic) bond motifs is 1. The quantitative estimate of drug-likeness (QED) is 0.408. The number of nitrogen functional groups attached to an aromatic ring is 1. The smallest absolute Gasteiger partial charge is 0.189 e. The Hall–Kier alpha value is -2.87. The molecule has 4 rings (SSSR count). The number of nitrogens with zero attached hydrogens (tertiary/aromatic N) is 4. The summed E-state index contributed by atoms with van der Waals surface area (Å²) in [5.74, 6) is 0. The molecule has 0 aliphatic carbocycles. The molecular weight excluding hydrogens is 370 g/mol. The Bertz CT molecular complexity index is 903. The van der Waals surface area contributed by atoms with Crippen molar-refractivity contribution >= 4 is 40.1 Å². The monoisotopic (exact) mass is 395 g/mol. The van der Waals surface area contributed by atoms with Crippen molar-refractivity contribution in [3.05, 3.63) is 47.8 Å². The van der Waals surface area contributed by atoms with E-state index in [0.29, 0.717) is 5.11 Å². The van der Waals surface area contributed by atoms with Crippen molar-refractivity contribution < 1.29 is 0 Å². The molecule has 3 heterocycles. The zero-order valence-corrected chi connectivity index (χ0v) is 16.8. The predicted octanol–water partition coefficient (Wildman–Crippen LogP) is 2.19. The van der Waals surface area contributed by atoms with E-state index in [0.717, 1.165) is 67.6 Å². The number of hydrogen-bond acceptors (Lipinski definition) is 6. The standard InChI is InChI=1S/C20H25N7S/c1-14-6-8-23-19-16(7-9-22-18(14)19)24-25-20(28)27-12-10-26(11-13-27)17-5-3-2-4-15(17)21/h2-6,8,22H,7,9-13,21H2,1H3,(H,25,28)/b24-16-. The molecule has 0 saturated carbocycles. The molecule has 0 atom stereocenters. The van der Waals surface area contributed by atoms with Gasteiger partial charge in [0.15, 0.2) is 5.11 Å². The first-order valence-corrected chi connectivity index (χ1v) is 9.95. The molecule has 0 unspecified atom stereocenters. The number of nitrogens with one attached hydrogen (secondary N) is 2. The van der Waals surface area contributed by atoms with Crippen LogP contribution in [0.3, 0.4) is 0 Å². The maximum Gasteiger partial charge on any atom is 0.189 e. The number of aryl methyl sites for hydroxylation is 1. The van der Waals surface area contributed by atoms with E-state index in [1.165, 1.54) is 5.56 Å². The topological polar surface area (TPSA) is 81.8 Å². The van der Waals surface area contributed by atoms with Crippen LogP contribution in [0.5, 0.6) is 0 Å². The third-order valence-electron chi connectivity index (χ3n) is 5.23. The van der Waals surface area contributed by atoms with Crippen LogP contribution in [0.1, 0.15) is 17.7 Å². The average molecular weight is 396 g/mol. The fourth-order valence-corrected chi connectivity index (χ4v) is 3.87. The first-order chi connectivity index (χ1) is 13.6. The normalized spacial score (nSPS) is 17.8. The van der Waals surface area contributed by atoms with Crippen LogP contribution in [0.4, 0.5) is 17.1 Å². The minimum absolute atomic E-state index is 0.654. The molecule has 4 N–H and O–H groups in total. The molecule has 0 amide bonds. The van der Waals surface area contributed by atoms with E-state index in [1.807, 2.05) is 30.5 Å². The molecule has 2 aromatic rings. The van der Waals surface area contributed by atoms with Gasteiger partial charge in [0.1, 0.15) is 5.69 Å². The maximum absolute atomic E-state index is 6.10. The van der Waals surface area contributed by atoms with Crippen LogP contribution >= 0.6 is 12.2 Å². The Morgan fingerprint density at radius 2 is 2.00 bits per heavy atom. The highest BCUT2D eigenvalue weighted by Crippen LogP contribution is 2.24. The van der Waals surface area contributed by atoms with Crippen molar-refractivity contribution in [3.63, 3.8) is 0 Å². The Morgan fingerprint density at radius 3 is 2.79 bits per heavy atom. The fraction of sp³-hybridized carbons (Fsp3) is 0.350. The molecule has 1 aromatic carbocycles. The summed E-state index contributed by atoms with van der Waals surface area (Å²) in [5, 5.41) is 8.64. The lowest BCUT2D eigenvalue weighted by atomic mass is 10.0. The van der Waals surface area contributed by atoms with Gasteiger partial charge in [0.25, 0.3) is 0 Å². The fourth-order valence-electron chi connectivity index (χ4n) is 3.65. The SMILES string of the molecule is Cc1ccnc2c1NCC/C2=N/NC(=S)N1CCN(c2ccccc2N)CC1. The van der Waals surface area contributed by atoms with Crippen LogP contribution in [-0.4, -0.2) is 53.4 Å². The van der Waals surface area contributed by atoms with E-state index in [9.17, 15) is 0 Å². The van der Waals surface area contributed by atoms with Crippen LogP contribution in [0.15, 0.2) is 41.6 Å². The number of piperazine rings is 1. The number of anilines is 3. The summed E-state index contributed by atoms with van der Waals surface area (Å²) in [7, 11) is 0. The van der Waals surface area contributed by atoms with E-state index < -0.39 is 0 Å². The minimum atomic E-state index is 0.654. The van der Waals surface area contributed by atoms with Crippen LogP contribution < -0.4 is 21.4 Å². The summed E-state index contributed by atoms with van der Waals surface area (Å²) < 4.78 is 0. The molecule has 7 nitrogen and oxygen atoms in total. The Morgan fingerprint density at radius 1 is 1.21 bits per heavy atom. The summed E-state index contributed by atoms with van der Waals surface area (Å²) in [4.78, 5) is 8.95. The first kappa shape index (κ1) is 18.5. The van der Waals surface area contributed by atoms with Crippen molar-refractivity contribution in [2.24, 2.45) is 5.10 Å². The van der Waals surface area contributed by atoms with Gasteiger partial charge in [-0.15, -0.1) is 0 Å². The number of thiocarbonyl (C=S) groups is 1. The highest BCUT2D eigenvalue weighted by molar-refractivity contribution is 7.80. The maximum atomic E-state index is 6.10. The van der Waals surface area contributed by atoms with E-state index in [-0.39, 0.29) is 0 Å². The zero-order valence-electron chi connectivity index (χ0n) is 16.0. The highest BCUT2D eigenvalue weighted by Gasteiger charge is 2.21. The minimum Gasteiger partial charge on any atom is -0.397 e. The number of rotatable bonds is 2. The van der Waals surface area contributed by atoms with E-state index >= 15 is 0 Å². The third kappa shape index (κ3) is 3.73. The van der Waals surface area contributed by atoms with Crippen molar-refractivity contribution in [1.29, 1.82) is 0 Å². The summed E-state index contributed by atoms with van der Waals surface area (Å²) in [5.41, 5.74) is 15.2. The van der Waals surface area contributed by atoms with Gasteiger partial charge >= 0.3 is 0 Å². The predicted molar refractivity (Wildman–Crippen MR) is 119 cm³/mol. The summed E-state index contributed by atoms with van der Waals surface area (Å²) in [6, 6.07) is 10.00. The zero-order chi connectivity index (χ0) is 19.5. The summed E-state index contributed by atoms with van der Waals surface area (Å²) in [6.07, 6.45) is 2.64. The highest BCUT2D eigenvalue weighted by atomic mass is 32.1. The summed E-state index contributed by atoms with van der Waals surface area (Å²) >= 11 is 5.58. The van der Waals surface area contributed by atoms with Gasteiger partial charge in [-0.3, -0.25) is 10.4 Å². The van der Waals surface area contributed by atoms with Gasteiger partial charge in [0, 0.05) is 45.3 Å². The number of hydrazone groups is 1. The molecule has 146 valence electrons. The lowest BCUT2D eigenvalue weighted by molar-refractivity contribution is 0.381. The largest absolute Gasteiger partial charge is 0.397 e. The Kier molecular flexibility index (Phi) is 5.29. The molecule has 8 heteroatoms. The molecular formula is C20H25N7S. The Balaban J connectivity index is 1.38. The number of benzene rings is 1.